The minimum Gasteiger partial charge on any atom is -0.281 e. The summed E-state index contributed by atoms with van der Waals surface area (Å²) in [6.45, 7) is 1.81. The van der Waals surface area contributed by atoms with Crippen molar-refractivity contribution in [3.8, 4) is 0 Å². The number of hydrogen-bond acceptors (Lipinski definition) is 5. The molecule has 0 aliphatic rings. The van der Waals surface area contributed by atoms with E-state index in [-0.39, 0.29) is 0 Å². The lowest BCUT2D eigenvalue weighted by Crippen LogP contribution is -2.25. The maximum atomic E-state index is 11.6. The molecule has 6 nitrogen and oxygen atoms in total. The standard InChI is InChI=1S/C11H10BrN5OS2/c1-6(7-2-4-8(12)5-3-7)14-15-9(18)13-10-16-17-11(19)20-10/h2-5H,1H3,(H,17,19)(H2,13,15,16,18)/b14-6+. The van der Waals surface area contributed by atoms with Crippen molar-refractivity contribution < 1.29 is 4.79 Å². The number of hydrazone groups is 1. The number of nitrogens with one attached hydrogen (secondary N) is 3. The molecular weight excluding hydrogens is 362 g/mol. The average molecular weight is 372 g/mol. The molecule has 0 radical (unpaired) electrons. The van der Waals surface area contributed by atoms with Crippen molar-refractivity contribution in [3.05, 3.63) is 38.3 Å². The highest BCUT2D eigenvalue weighted by Gasteiger charge is 2.04. The van der Waals surface area contributed by atoms with E-state index in [1.54, 1.807) is 0 Å². The van der Waals surface area contributed by atoms with Crippen LogP contribution in [0, 0.1) is 3.95 Å². The Balaban J connectivity index is 1.96. The molecule has 2 aromatic rings. The number of rotatable bonds is 3. The number of amides is 2. The molecule has 2 rings (SSSR count). The summed E-state index contributed by atoms with van der Waals surface area (Å²) in [5.41, 5.74) is 4.02. The fraction of sp³-hybridized carbons (Fsp3) is 0.0909. The van der Waals surface area contributed by atoms with Crippen LogP contribution in [-0.2, 0) is 0 Å². The summed E-state index contributed by atoms with van der Waals surface area (Å²) in [4.78, 5) is 11.6. The van der Waals surface area contributed by atoms with Crippen LogP contribution in [0.25, 0.3) is 0 Å². The molecule has 3 N–H and O–H groups in total. The molecule has 1 aromatic heterocycles. The molecule has 2 amide bonds. The van der Waals surface area contributed by atoms with Gasteiger partial charge in [-0.3, -0.25) is 10.4 Å². The van der Waals surface area contributed by atoms with Gasteiger partial charge in [0.05, 0.1) is 5.71 Å². The molecule has 0 fully saturated rings. The average Bonchev–Trinajstić information content (AvgIpc) is 2.82. The van der Waals surface area contributed by atoms with Crippen molar-refractivity contribution >= 4 is 56.4 Å². The van der Waals surface area contributed by atoms with Crippen LogP contribution in [0.3, 0.4) is 0 Å². The first-order chi connectivity index (χ1) is 9.54. The van der Waals surface area contributed by atoms with Crippen LogP contribution in [0.4, 0.5) is 9.93 Å². The Labute approximate surface area is 132 Å². The number of aromatic amines is 1. The summed E-state index contributed by atoms with van der Waals surface area (Å²) >= 11 is 9.39. The summed E-state index contributed by atoms with van der Waals surface area (Å²) in [7, 11) is 0. The Hall–Kier alpha value is -1.58. The van der Waals surface area contributed by atoms with Crippen molar-refractivity contribution in [2.75, 3.05) is 5.32 Å². The summed E-state index contributed by atoms with van der Waals surface area (Å²) in [5.74, 6) is 0. The second-order valence-electron chi connectivity index (χ2n) is 3.69. The van der Waals surface area contributed by atoms with Crippen LogP contribution in [0.15, 0.2) is 33.8 Å². The van der Waals surface area contributed by atoms with Gasteiger partial charge in [-0.1, -0.05) is 39.4 Å². The van der Waals surface area contributed by atoms with Gasteiger partial charge in [0, 0.05) is 4.47 Å². The molecule has 1 heterocycles. The van der Waals surface area contributed by atoms with Gasteiger partial charge in [0.15, 0.2) is 3.95 Å². The third-order valence-electron chi connectivity index (χ3n) is 2.25. The number of carbonyl (C=O) groups excluding carboxylic acids is 1. The lowest BCUT2D eigenvalue weighted by atomic mass is 10.1. The van der Waals surface area contributed by atoms with Crippen LogP contribution in [0.1, 0.15) is 12.5 Å². The highest BCUT2D eigenvalue weighted by Crippen LogP contribution is 2.11. The van der Waals surface area contributed by atoms with Gasteiger partial charge in [0.25, 0.3) is 0 Å². The van der Waals surface area contributed by atoms with Crippen LogP contribution < -0.4 is 10.7 Å². The van der Waals surface area contributed by atoms with E-state index in [1.165, 1.54) is 11.3 Å². The molecule has 0 saturated carbocycles. The molecule has 0 atom stereocenters. The number of urea groups is 1. The predicted octanol–water partition coefficient (Wildman–Crippen LogP) is 3.51. The van der Waals surface area contributed by atoms with Crippen LogP contribution >= 0.6 is 39.5 Å². The van der Waals surface area contributed by atoms with Gasteiger partial charge in [-0.2, -0.15) is 5.10 Å². The van der Waals surface area contributed by atoms with E-state index in [4.69, 9.17) is 12.2 Å². The molecule has 0 saturated heterocycles. The van der Waals surface area contributed by atoms with Gasteiger partial charge in [0.1, 0.15) is 0 Å². The molecule has 9 heteroatoms. The van der Waals surface area contributed by atoms with Gasteiger partial charge >= 0.3 is 6.03 Å². The van der Waals surface area contributed by atoms with Gasteiger partial charge < -0.3 is 0 Å². The zero-order valence-electron chi connectivity index (χ0n) is 10.3. The summed E-state index contributed by atoms with van der Waals surface area (Å²) in [6, 6.07) is 7.15. The third-order valence-corrected chi connectivity index (χ3v) is 3.78. The SMILES string of the molecule is C/C(=N\NC(=O)Nc1n[nH]c(=S)s1)c1ccc(Br)cc1. The van der Waals surface area contributed by atoms with Crippen LogP contribution in [-0.4, -0.2) is 21.9 Å². The molecule has 104 valence electrons. The second kappa shape index (κ2) is 6.73. The minimum atomic E-state index is -0.473. The monoisotopic (exact) mass is 371 g/mol. The zero-order chi connectivity index (χ0) is 14.5. The fourth-order valence-electron chi connectivity index (χ4n) is 1.30. The Morgan fingerprint density at radius 1 is 1.45 bits per heavy atom. The fourth-order valence-corrected chi connectivity index (χ4v) is 2.35. The Bertz CT molecular complexity index is 691. The first kappa shape index (κ1) is 14.8. The van der Waals surface area contributed by atoms with E-state index in [2.05, 4.69) is 42.0 Å². The van der Waals surface area contributed by atoms with E-state index < -0.39 is 6.03 Å². The van der Waals surface area contributed by atoms with Crippen molar-refractivity contribution in [1.82, 2.24) is 15.6 Å². The number of halogens is 1. The number of H-pyrrole nitrogens is 1. The third kappa shape index (κ3) is 4.22. The predicted molar refractivity (Wildman–Crippen MR) is 85.8 cm³/mol. The minimum absolute atomic E-state index is 0.393. The lowest BCUT2D eigenvalue weighted by molar-refractivity contribution is 0.252. The van der Waals surface area contributed by atoms with Gasteiger partial charge in [-0.15, -0.1) is 5.10 Å². The van der Waals surface area contributed by atoms with E-state index in [0.717, 1.165) is 10.0 Å². The number of anilines is 1. The topological polar surface area (TPSA) is 82.2 Å². The Morgan fingerprint density at radius 3 is 2.75 bits per heavy atom. The highest BCUT2D eigenvalue weighted by molar-refractivity contribution is 9.10. The molecule has 0 aliphatic heterocycles. The maximum absolute atomic E-state index is 11.6. The van der Waals surface area contributed by atoms with Crippen LogP contribution in [0.2, 0.25) is 0 Å². The summed E-state index contributed by atoms with van der Waals surface area (Å²) < 4.78 is 1.48. The first-order valence-electron chi connectivity index (χ1n) is 5.47. The van der Waals surface area contributed by atoms with Crippen molar-refractivity contribution in [2.24, 2.45) is 5.10 Å². The zero-order valence-corrected chi connectivity index (χ0v) is 13.5. The largest absolute Gasteiger partial charge is 0.341 e. The van der Waals surface area contributed by atoms with Crippen molar-refractivity contribution in [2.45, 2.75) is 6.92 Å². The van der Waals surface area contributed by atoms with Gasteiger partial charge in [-0.25, -0.2) is 10.2 Å². The maximum Gasteiger partial charge on any atom is 0.341 e. The molecule has 0 aliphatic carbocycles. The second-order valence-corrected chi connectivity index (χ2v) is 6.27. The van der Waals surface area contributed by atoms with E-state index in [0.29, 0.717) is 14.8 Å². The number of carbonyl (C=O) groups is 1. The molecular formula is C11H10BrN5OS2. The normalized spacial score (nSPS) is 11.2. The van der Waals surface area contributed by atoms with Gasteiger partial charge in [-0.05, 0) is 36.8 Å². The molecule has 20 heavy (non-hydrogen) atoms. The smallest absolute Gasteiger partial charge is 0.281 e. The van der Waals surface area contributed by atoms with Crippen molar-refractivity contribution in [1.29, 1.82) is 0 Å². The first-order valence-corrected chi connectivity index (χ1v) is 7.49. The van der Waals surface area contributed by atoms with E-state index in [9.17, 15) is 4.79 Å². The Morgan fingerprint density at radius 2 is 2.15 bits per heavy atom. The molecule has 0 bridgehead atoms. The van der Waals surface area contributed by atoms with E-state index in [1.807, 2.05) is 31.2 Å². The van der Waals surface area contributed by atoms with E-state index >= 15 is 0 Å². The quantitative estimate of drug-likeness (QED) is 0.438. The number of benzene rings is 1. The number of nitrogens with zero attached hydrogens (tertiary/aromatic N) is 2. The van der Waals surface area contributed by atoms with Gasteiger partial charge in [0.2, 0.25) is 5.13 Å². The van der Waals surface area contributed by atoms with Crippen molar-refractivity contribution in [3.63, 3.8) is 0 Å². The summed E-state index contributed by atoms with van der Waals surface area (Å²) in [5, 5.41) is 13.3. The molecule has 0 spiro atoms. The Kier molecular flexibility index (Phi) is 4.99. The molecule has 1 aromatic carbocycles. The lowest BCUT2D eigenvalue weighted by Gasteiger charge is -2.03. The highest BCUT2D eigenvalue weighted by atomic mass is 79.9. The van der Waals surface area contributed by atoms with Crippen LogP contribution in [0.5, 0.6) is 0 Å². The molecule has 0 unspecified atom stereocenters. The number of hydrogen-bond donors (Lipinski definition) is 3. The summed E-state index contributed by atoms with van der Waals surface area (Å²) in [6.07, 6.45) is 0. The number of aromatic nitrogens is 2.